The molecule has 7 nitrogen and oxygen atoms in total. The fourth-order valence-corrected chi connectivity index (χ4v) is 3.32. The molecule has 3 aromatic rings. The number of hydrogen-bond donors (Lipinski definition) is 2. The molecule has 128 valence electrons. The second-order valence-corrected chi connectivity index (χ2v) is 6.54. The molecule has 0 fully saturated rings. The summed E-state index contributed by atoms with van der Waals surface area (Å²) in [4.78, 5) is 30.8. The summed E-state index contributed by atoms with van der Waals surface area (Å²) in [6.45, 7) is 0.521. The molecule has 2 N–H and O–H groups in total. The van der Waals surface area contributed by atoms with Crippen molar-refractivity contribution in [1.29, 1.82) is 0 Å². The van der Waals surface area contributed by atoms with E-state index in [9.17, 15) is 4.79 Å². The zero-order valence-corrected chi connectivity index (χ0v) is 14.2. The van der Waals surface area contributed by atoms with Crippen LogP contribution < -0.4 is 5.32 Å². The lowest BCUT2D eigenvalue weighted by molar-refractivity contribution is 0.0929. The molecular weight excluding hydrogens is 352 g/mol. The third-order valence-electron chi connectivity index (χ3n) is 4.36. The van der Waals surface area contributed by atoms with E-state index in [-0.39, 0.29) is 17.9 Å². The highest BCUT2D eigenvalue weighted by molar-refractivity contribution is 6.31. The van der Waals surface area contributed by atoms with E-state index < -0.39 is 0 Å². The van der Waals surface area contributed by atoms with Crippen molar-refractivity contribution in [2.24, 2.45) is 9.98 Å². The summed E-state index contributed by atoms with van der Waals surface area (Å²) in [5.74, 6) is 0.766. The SMILES string of the molecule is O=C(NC1CN2C=Nc3cc(Cl)ccc3C2=N1)c1nc2ccccc2[nH]1. The molecule has 0 spiro atoms. The molecule has 26 heavy (non-hydrogen) atoms. The van der Waals surface area contributed by atoms with Gasteiger partial charge < -0.3 is 15.2 Å². The van der Waals surface area contributed by atoms with E-state index in [0.717, 1.165) is 28.1 Å². The van der Waals surface area contributed by atoms with E-state index in [0.29, 0.717) is 11.6 Å². The molecular formula is C18H13ClN6O. The molecule has 0 saturated carbocycles. The fourth-order valence-electron chi connectivity index (χ4n) is 3.15. The van der Waals surface area contributed by atoms with Crippen molar-refractivity contribution in [3.8, 4) is 0 Å². The van der Waals surface area contributed by atoms with Gasteiger partial charge in [0.15, 0.2) is 5.82 Å². The number of carbonyl (C=O) groups excluding carboxylic acids is 1. The first-order chi connectivity index (χ1) is 12.7. The molecule has 3 heterocycles. The number of nitrogens with one attached hydrogen (secondary N) is 2. The van der Waals surface area contributed by atoms with Gasteiger partial charge >= 0.3 is 0 Å². The number of rotatable bonds is 2. The van der Waals surface area contributed by atoms with Gasteiger partial charge in [-0.1, -0.05) is 23.7 Å². The van der Waals surface area contributed by atoms with Crippen molar-refractivity contribution in [1.82, 2.24) is 20.2 Å². The quantitative estimate of drug-likeness (QED) is 0.733. The maximum absolute atomic E-state index is 12.5. The van der Waals surface area contributed by atoms with E-state index in [4.69, 9.17) is 11.6 Å². The minimum Gasteiger partial charge on any atom is -0.334 e. The highest BCUT2D eigenvalue weighted by Crippen LogP contribution is 2.30. The predicted octanol–water partition coefficient (Wildman–Crippen LogP) is 2.71. The number of halogens is 1. The number of amides is 1. The number of aromatic nitrogens is 2. The number of fused-ring (bicyclic) bond motifs is 4. The summed E-state index contributed by atoms with van der Waals surface area (Å²) in [5, 5.41) is 3.53. The minimum absolute atomic E-state index is 0.275. The summed E-state index contributed by atoms with van der Waals surface area (Å²) in [6.07, 6.45) is 1.34. The number of nitrogens with zero attached hydrogens (tertiary/aromatic N) is 4. The number of para-hydroxylation sites is 2. The Hall–Kier alpha value is -3.19. The van der Waals surface area contributed by atoms with Crippen molar-refractivity contribution >= 4 is 46.4 Å². The molecule has 1 atom stereocenters. The molecule has 5 rings (SSSR count). The standard InChI is InChI=1S/C18H13ClN6O/c19-10-5-6-11-14(7-10)20-9-25-8-15(23-17(11)25)24-18(26)16-21-12-3-1-2-4-13(12)22-16/h1-7,9,15H,8H2,(H,21,22)(H,24,26). The summed E-state index contributed by atoms with van der Waals surface area (Å²) in [5.41, 5.74) is 3.26. The monoisotopic (exact) mass is 364 g/mol. The molecule has 1 unspecified atom stereocenters. The van der Waals surface area contributed by atoms with Gasteiger partial charge in [0.2, 0.25) is 0 Å². The summed E-state index contributed by atoms with van der Waals surface area (Å²) < 4.78 is 0. The predicted molar refractivity (Wildman–Crippen MR) is 100 cm³/mol. The van der Waals surface area contributed by atoms with Crippen LogP contribution in [0.25, 0.3) is 11.0 Å². The maximum atomic E-state index is 12.5. The number of hydrogen-bond acceptors (Lipinski definition) is 5. The number of amidine groups is 1. The Kier molecular flexibility index (Phi) is 3.29. The molecule has 0 aliphatic carbocycles. The summed E-state index contributed by atoms with van der Waals surface area (Å²) in [7, 11) is 0. The van der Waals surface area contributed by atoms with Crippen LogP contribution in [0.5, 0.6) is 0 Å². The van der Waals surface area contributed by atoms with Crippen LogP contribution in [0, 0.1) is 0 Å². The number of carbonyl (C=O) groups is 1. The van der Waals surface area contributed by atoms with Crippen molar-refractivity contribution < 1.29 is 4.79 Å². The smallest absolute Gasteiger partial charge is 0.288 e. The fraction of sp³-hybridized carbons (Fsp3) is 0.111. The van der Waals surface area contributed by atoms with Gasteiger partial charge in [0.1, 0.15) is 12.0 Å². The molecule has 8 heteroatoms. The first kappa shape index (κ1) is 15.1. The van der Waals surface area contributed by atoms with Crippen molar-refractivity contribution in [3.05, 3.63) is 58.9 Å². The zero-order valence-electron chi connectivity index (χ0n) is 13.5. The van der Waals surface area contributed by atoms with E-state index in [2.05, 4.69) is 25.3 Å². The molecule has 1 aromatic heterocycles. The Morgan fingerprint density at radius 1 is 1.27 bits per heavy atom. The highest BCUT2D eigenvalue weighted by Gasteiger charge is 2.30. The first-order valence-electron chi connectivity index (χ1n) is 8.11. The largest absolute Gasteiger partial charge is 0.334 e. The van der Waals surface area contributed by atoms with Gasteiger partial charge in [-0.2, -0.15) is 0 Å². The average molecular weight is 365 g/mol. The van der Waals surface area contributed by atoms with Gasteiger partial charge in [0.05, 0.1) is 29.6 Å². The average Bonchev–Trinajstić information content (AvgIpc) is 3.24. The Balaban J connectivity index is 1.40. The Labute approximate surface area is 153 Å². The van der Waals surface area contributed by atoms with Crippen molar-refractivity contribution in [2.75, 3.05) is 6.54 Å². The lowest BCUT2D eigenvalue weighted by Crippen LogP contribution is -2.38. The molecule has 0 saturated heterocycles. The second-order valence-electron chi connectivity index (χ2n) is 6.10. The van der Waals surface area contributed by atoms with Crippen LogP contribution in [-0.2, 0) is 0 Å². The van der Waals surface area contributed by atoms with Gasteiger partial charge in [-0.15, -0.1) is 0 Å². The number of aliphatic imine (C=N–C) groups is 2. The topological polar surface area (TPSA) is 85.7 Å². The molecule has 0 bridgehead atoms. The van der Waals surface area contributed by atoms with E-state index in [1.807, 2.05) is 41.3 Å². The van der Waals surface area contributed by atoms with Crippen LogP contribution in [0.2, 0.25) is 5.02 Å². The zero-order chi connectivity index (χ0) is 17.7. The van der Waals surface area contributed by atoms with Gasteiger partial charge in [-0.25, -0.2) is 15.0 Å². The van der Waals surface area contributed by atoms with Crippen LogP contribution >= 0.6 is 11.6 Å². The maximum Gasteiger partial charge on any atom is 0.288 e. The van der Waals surface area contributed by atoms with Gasteiger partial charge in [-0.05, 0) is 30.3 Å². The van der Waals surface area contributed by atoms with Crippen LogP contribution in [-0.4, -0.2) is 45.7 Å². The van der Waals surface area contributed by atoms with Crippen molar-refractivity contribution in [3.63, 3.8) is 0 Å². The lowest BCUT2D eigenvalue weighted by Gasteiger charge is -2.20. The molecule has 2 aliphatic heterocycles. The molecule has 1 amide bonds. The Bertz CT molecular complexity index is 1070. The van der Waals surface area contributed by atoms with E-state index >= 15 is 0 Å². The number of aromatic amines is 1. The van der Waals surface area contributed by atoms with Gasteiger partial charge in [0, 0.05) is 10.6 Å². The Morgan fingerprint density at radius 2 is 2.15 bits per heavy atom. The van der Waals surface area contributed by atoms with Crippen LogP contribution in [0.4, 0.5) is 5.69 Å². The van der Waals surface area contributed by atoms with Crippen LogP contribution in [0.3, 0.4) is 0 Å². The minimum atomic E-state index is -0.376. The number of imidazole rings is 1. The second kappa shape index (κ2) is 5.67. The first-order valence-corrected chi connectivity index (χ1v) is 8.49. The molecule has 0 radical (unpaired) electrons. The van der Waals surface area contributed by atoms with Gasteiger partial charge in [0.25, 0.3) is 5.91 Å². The van der Waals surface area contributed by atoms with E-state index in [1.54, 1.807) is 12.4 Å². The summed E-state index contributed by atoms with van der Waals surface area (Å²) >= 11 is 6.02. The van der Waals surface area contributed by atoms with Gasteiger partial charge in [-0.3, -0.25) is 4.79 Å². The number of H-pyrrole nitrogens is 1. The van der Waals surface area contributed by atoms with E-state index in [1.165, 1.54) is 0 Å². The van der Waals surface area contributed by atoms with Crippen LogP contribution in [0.15, 0.2) is 52.4 Å². The van der Waals surface area contributed by atoms with Crippen molar-refractivity contribution in [2.45, 2.75) is 6.17 Å². The third kappa shape index (κ3) is 2.44. The summed E-state index contributed by atoms with van der Waals surface area (Å²) in [6, 6.07) is 13.0. The molecule has 2 aliphatic rings. The molecule has 2 aromatic carbocycles. The van der Waals surface area contributed by atoms with Crippen LogP contribution in [0.1, 0.15) is 16.2 Å². The highest BCUT2D eigenvalue weighted by atomic mass is 35.5. The third-order valence-corrected chi connectivity index (χ3v) is 4.59. The normalized spacial score (nSPS) is 17.8. The Morgan fingerprint density at radius 3 is 3.04 bits per heavy atom. The number of benzene rings is 2. The lowest BCUT2D eigenvalue weighted by atomic mass is 10.1.